The van der Waals surface area contributed by atoms with Crippen molar-refractivity contribution in [2.24, 2.45) is 0 Å². The quantitative estimate of drug-likeness (QED) is 0.637. The van der Waals surface area contributed by atoms with Gasteiger partial charge in [-0.25, -0.2) is 0 Å². The first kappa shape index (κ1) is 8.90. The lowest BCUT2D eigenvalue weighted by Gasteiger charge is -1.98. The fourth-order valence-electron chi connectivity index (χ4n) is 0.887. The summed E-state index contributed by atoms with van der Waals surface area (Å²) in [5.41, 5.74) is 1.22. The Morgan fingerprint density at radius 1 is 1.17 bits per heavy atom. The van der Waals surface area contributed by atoms with Crippen LogP contribution in [-0.2, 0) is 6.61 Å². The third-order valence-corrected chi connectivity index (χ3v) is 1.60. The van der Waals surface area contributed by atoms with Crippen LogP contribution >= 0.6 is 0 Å². The first-order chi connectivity index (χ1) is 5.77. The highest BCUT2D eigenvalue weighted by molar-refractivity contribution is 5.96. The predicted molar refractivity (Wildman–Crippen MR) is 43.8 cm³/mol. The SMILES string of the molecule is O=C(CO)c1ccc(CO)cc1. The van der Waals surface area contributed by atoms with E-state index >= 15 is 0 Å². The highest BCUT2D eigenvalue weighted by atomic mass is 16.3. The summed E-state index contributed by atoms with van der Waals surface area (Å²) in [6, 6.07) is 6.49. The van der Waals surface area contributed by atoms with Gasteiger partial charge in [-0.05, 0) is 5.56 Å². The van der Waals surface area contributed by atoms with Crippen LogP contribution in [0.5, 0.6) is 0 Å². The van der Waals surface area contributed by atoms with E-state index < -0.39 is 6.61 Å². The molecule has 1 aromatic carbocycles. The van der Waals surface area contributed by atoms with E-state index in [4.69, 9.17) is 10.2 Å². The van der Waals surface area contributed by atoms with Gasteiger partial charge in [-0.15, -0.1) is 0 Å². The summed E-state index contributed by atoms with van der Waals surface area (Å²) in [7, 11) is 0. The standard InChI is InChI=1S/C9H10O3/c10-5-7-1-3-8(4-2-7)9(12)6-11/h1-4,10-11H,5-6H2. The van der Waals surface area contributed by atoms with Crippen LogP contribution in [0.4, 0.5) is 0 Å². The smallest absolute Gasteiger partial charge is 0.188 e. The van der Waals surface area contributed by atoms with Crippen molar-refractivity contribution in [3.05, 3.63) is 35.4 Å². The van der Waals surface area contributed by atoms with Gasteiger partial charge in [0.2, 0.25) is 0 Å². The topological polar surface area (TPSA) is 57.5 Å². The molecule has 3 heteroatoms. The molecule has 12 heavy (non-hydrogen) atoms. The summed E-state index contributed by atoms with van der Waals surface area (Å²) in [6.07, 6.45) is 0. The monoisotopic (exact) mass is 166 g/mol. The number of Topliss-reactive ketones (excluding diaryl/α,β-unsaturated/α-hetero) is 1. The van der Waals surface area contributed by atoms with Crippen molar-refractivity contribution in [3.8, 4) is 0 Å². The minimum Gasteiger partial charge on any atom is -0.392 e. The minimum atomic E-state index is -0.474. The lowest BCUT2D eigenvalue weighted by Crippen LogP contribution is -2.03. The summed E-state index contributed by atoms with van der Waals surface area (Å²) in [5.74, 6) is -0.306. The lowest BCUT2D eigenvalue weighted by atomic mass is 10.1. The molecule has 0 unspecified atom stereocenters. The first-order valence-electron chi connectivity index (χ1n) is 3.62. The minimum absolute atomic E-state index is 0.0341. The fourth-order valence-corrected chi connectivity index (χ4v) is 0.887. The molecule has 0 radical (unpaired) electrons. The molecule has 0 saturated carbocycles. The Balaban J connectivity index is 2.84. The normalized spacial score (nSPS) is 9.83. The van der Waals surface area contributed by atoms with Gasteiger partial charge in [0.25, 0.3) is 0 Å². The summed E-state index contributed by atoms with van der Waals surface area (Å²) in [5, 5.41) is 17.2. The molecule has 0 saturated heterocycles. The van der Waals surface area contributed by atoms with Crippen molar-refractivity contribution in [1.82, 2.24) is 0 Å². The van der Waals surface area contributed by atoms with Crippen molar-refractivity contribution < 1.29 is 15.0 Å². The van der Waals surface area contributed by atoms with Gasteiger partial charge in [0.1, 0.15) is 6.61 Å². The van der Waals surface area contributed by atoms with Crippen LogP contribution in [0.1, 0.15) is 15.9 Å². The van der Waals surface area contributed by atoms with Gasteiger partial charge in [-0.3, -0.25) is 4.79 Å². The van der Waals surface area contributed by atoms with Gasteiger partial charge >= 0.3 is 0 Å². The average Bonchev–Trinajstić information content (AvgIpc) is 2.17. The molecule has 2 N–H and O–H groups in total. The number of ketones is 1. The highest BCUT2D eigenvalue weighted by Gasteiger charge is 2.02. The second-order valence-electron chi connectivity index (χ2n) is 2.44. The number of carbonyl (C=O) groups excluding carboxylic acids is 1. The van der Waals surface area contributed by atoms with E-state index in [9.17, 15) is 4.79 Å². The molecule has 1 aromatic rings. The predicted octanol–water partition coefficient (Wildman–Crippen LogP) is 0.354. The molecule has 0 heterocycles. The van der Waals surface area contributed by atoms with E-state index in [2.05, 4.69) is 0 Å². The molecule has 0 amide bonds. The largest absolute Gasteiger partial charge is 0.392 e. The summed E-state index contributed by atoms with van der Waals surface area (Å²) < 4.78 is 0. The first-order valence-corrected chi connectivity index (χ1v) is 3.62. The van der Waals surface area contributed by atoms with Crippen molar-refractivity contribution in [1.29, 1.82) is 0 Å². The van der Waals surface area contributed by atoms with E-state index in [0.29, 0.717) is 5.56 Å². The van der Waals surface area contributed by atoms with Crippen LogP contribution in [0.3, 0.4) is 0 Å². The molecule has 0 atom stereocenters. The lowest BCUT2D eigenvalue weighted by molar-refractivity contribution is 0.0903. The zero-order valence-corrected chi connectivity index (χ0v) is 6.53. The molecule has 0 fully saturated rings. The van der Waals surface area contributed by atoms with E-state index in [-0.39, 0.29) is 12.4 Å². The van der Waals surface area contributed by atoms with Gasteiger partial charge in [-0.2, -0.15) is 0 Å². The van der Waals surface area contributed by atoms with Crippen LogP contribution in [0, 0.1) is 0 Å². The van der Waals surface area contributed by atoms with E-state index in [1.807, 2.05) is 0 Å². The van der Waals surface area contributed by atoms with E-state index in [1.165, 1.54) is 0 Å². The van der Waals surface area contributed by atoms with Gasteiger partial charge in [0, 0.05) is 5.56 Å². The third-order valence-electron chi connectivity index (χ3n) is 1.60. The average molecular weight is 166 g/mol. The Kier molecular flexibility index (Phi) is 2.96. The Morgan fingerprint density at radius 3 is 2.17 bits per heavy atom. The van der Waals surface area contributed by atoms with Crippen LogP contribution in [0.25, 0.3) is 0 Å². The van der Waals surface area contributed by atoms with Crippen molar-refractivity contribution in [3.63, 3.8) is 0 Å². The van der Waals surface area contributed by atoms with Gasteiger partial charge in [-0.1, -0.05) is 24.3 Å². The Hall–Kier alpha value is -1.19. The number of aliphatic hydroxyl groups is 2. The number of carbonyl (C=O) groups is 1. The Morgan fingerprint density at radius 2 is 1.75 bits per heavy atom. The van der Waals surface area contributed by atoms with Crippen molar-refractivity contribution in [2.45, 2.75) is 6.61 Å². The van der Waals surface area contributed by atoms with Crippen molar-refractivity contribution >= 4 is 5.78 Å². The Bertz CT molecular complexity index is 264. The molecule has 0 bridgehead atoms. The van der Waals surface area contributed by atoms with Crippen molar-refractivity contribution in [2.75, 3.05) is 6.61 Å². The maximum Gasteiger partial charge on any atom is 0.188 e. The molecule has 0 aliphatic heterocycles. The van der Waals surface area contributed by atoms with Gasteiger partial charge in [0.05, 0.1) is 6.61 Å². The molecule has 0 aromatic heterocycles. The number of benzene rings is 1. The molecule has 0 aliphatic carbocycles. The zero-order valence-electron chi connectivity index (χ0n) is 6.53. The zero-order chi connectivity index (χ0) is 8.97. The molecule has 64 valence electrons. The van der Waals surface area contributed by atoms with E-state index in [0.717, 1.165) is 5.56 Å². The number of rotatable bonds is 3. The molecular weight excluding hydrogens is 156 g/mol. The van der Waals surface area contributed by atoms with Crippen LogP contribution in [-0.4, -0.2) is 22.6 Å². The molecule has 0 spiro atoms. The maximum atomic E-state index is 10.9. The second-order valence-corrected chi connectivity index (χ2v) is 2.44. The van der Waals surface area contributed by atoms with Crippen LogP contribution in [0.2, 0.25) is 0 Å². The fraction of sp³-hybridized carbons (Fsp3) is 0.222. The second kappa shape index (κ2) is 3.99. The third kappa shape index (κ3) is 1.90. The van der Waals surface area contributed by atoms with Crippen LogP contribution < -0.4 is 0 Å². The number of aliphatic hydroxyl groups excluding tert-OH is 2. The molecule has 3 nitrogen and oxygen atoms in total. The molecule has 1 rings (SSSR count). The Labute approximate surface area is 70.3 Å². The maximum absolute atomic E-state index is 10.9. The molecule has 0 aliphatic rings. The summed E-state index contributed by atoms with van der Waals surface area (Å²) >= 11 is 0. The molecular formula is C9H10O3. The van der Waals surface area contributed by atoms with E-state index in [1.54, 1.807) is 24.3 Å². The summed E-state index contributed by atoms with van der Waals surface area (Å²) in [4.78, 5) is 10.9. The number of hydrogen-bond donors (Lipinski definition) is 2. The van der Waals surface area contributed by atoms with Crippen LogP contribution in [0.15, 0.2) is 24.3 Å². The number of hydrogen-bond acceptors (Lipinski definition) is 3. The van der Waals surface area contributed by atoms with Gasteiger partial charge in [0.15, 0.2) is 5.78 Å². The summed E-state index contributed by atoms with van der Waals surface area (Å²) in [6.45, 7) is -0.508. The highest BCUT2D eigenvalue weighted by Crippen LogP contribution is 2.04. The van der Waals surface area contributed by atoms with Gasteiger partial charge < -0.3 is 10.2 Å².